The zero-order chi connectivity index (χ0) is 20.8. The molecular weight excluding hydrogens is 414 g/mol. The van der Waals surface area contributed by atoms with Crippen LogP contribution in [0.5, 0.6) is 0 Å². The van der Waals surface area contributed by atoms with Crippen LogP contribution >= 0.6 is 23.4 Å². The van der Waals surface area contributed by atoms with Gasteiger partial charge in [0.1, 0.15) is 0 Å². The maximum atomic E-state index is 12.4. The fraction of sp³-hybridized carbons (Fsp3) is 0.0417. The van der Waals surface area contributed by atoms with Gasteiger partial charge in [-0.25, -0.2) is 9.97 Å². The Morgan fingerprint density at radius 1 is 0.800 bits per heavy atom. The van der Waals surface area contributed by atoms with E-state index in [1.165, 1.54) is 11.8 Å². The highest BCUT2D eigenvalue weighted by molar-refractivity contribution is 7.99. The second kappa shape index (κ2) is 9.57. The third-order valence-corrected chi connectivity index (χ3v) is 5.37. The molecule has 1 amide bonds. The van der Waals surface area contributed by atoms with Crippen LogP contribution in [0.4, 0.5) is 5.69 Å². The van der Waals surface area contributed by atoms with Gasteiger partial charge in [0.25, 0.3) is 0 Å². The Labute approximate surface area is 184 Å². The summed E-state index contributed by atoms with van der Waals surface area (Å²) in [4.78, 5) is 21.7. The van der Waals surface area contributed by atoms with Crippen molar-refractivity contribution in [2.75, 3.05) is 11.1 Å². The van der Waals surface area contributed by atoms with Crippen LogP contribution in [-0.2, 0) is 4.79 Å². The van der Waals surface area contributed by atoms with Crippen molar-refractivity contribution in [1.29, 1.82) is 0 Å². The number of thioether (sulfide) groups is 1. The van der Waals surface area contributed by atoms with Gasteiger partial charge in [-0.3, -0.25) is 4.79 Å². The standard InChI is InChI=1S/C24H18ClN3OS/c25-19-12-7-13-20(14-19)26-23(29)16-30-24-27-21(17-8-3-1-4-9-17)15-22(28-24)18-10-5-2-6-11-18/h1-15H,16H2,(H,26,29). The lowest BCUT2D eigenvalue weighted by Gasteiger charge is -2.09. The molecule has 0 bridgehead atoms. The smallest absolute Gasteiger partial charge is 0.234 e. The number of hydrogen-bond donors (Lipinski definition) is 1. The van der Waals surface area contributed by atoms with Crippen molar-refractivity contribution < 1.29 is 4.79 Å². The van der Waals surface area contributed by atoms with Crippen LogP contribution in [0.2, 0.25) is 5.02 Å². The number of halogens is 1. The zero-order valence-corrected chi connectivity index (χ0v) is 17.5. The Morgan fingerprint density at radius 2 is 1.40 bits per heavy atom. The first-order valence-electron chi connectivity index (χ1n) is 9.35. The van der Waals surface area contributed by atoms with Gasteiger partial charge in [0.2, 0.25) is 5.91 Å². The van der Waals surface area contributed by atoms with E-state index in [1.54, 1.807) is 24.3 Å². The molecule has 4 rings (SSSR count). The van der Waals surface area contributed by atoms with Crippen molar-refractivity contribution >= 4 is 35.0 Å². The highest BCUT2D eigenvalue weighted by atomic mass is 35.5. The first kappa shape index (κ1) is 20.1. The Kier molecular flexibility index (Phi) is 6.42. The largest absolute Gasteiger partial charge is 0.325 e. The molecule has 0 saturated carbocycles. The summed E-state index contributed by atoms with van der Waals surface area (Å²) < 4.78 is 0. The van der Waals surface area contributed by atoms with Gasteiger partial charge in [-0.15, -0.1) is 0 Å². The molecule has 0 aliphatic carbocycles. The van der Waals surface area contributed by atoms with E-state index in [9.17, 15) is 4.79 Å². The van der Waals surface area contributed by atoms with Crippen LogP contribution in [0.3, 0.4) is 0 Å². The van der Waals surface area contributed by atoms with Gasteiger partial charge in [0.15, 0.2) is 5.16 Å². The number of nitrogens with zero attached hydrogens (tertiary/aromatic N) is 2. The molecular formula is C24H18ClN3OS. The third kappa shape index (κ3) is 5.26. The predicted molar refractivity (Wildman–Crippen MR) is 124 cm³/mol. The summed E-state index contributed by atoms with van der Waals surface area (Å²) in [6.45, 7) is 0. The van der Waals surface area contributed by atoms with E-state index in [0.29, 0.717) is 15.9 Å². The van der Waals surface area contributed by atoms with Gasteiger partial charge in [-0.2, -0.15) is 0 Å². The summed E-state index contributed by atoms with van der Waals surface area (Å²) in [6.07, 6.45) is 0. The molecule has 0 radical (unpaired) electrons. The van der Waals surface area contributed by atoms with Crippen LogP contribution in [0.25, 0.3) is 22.5 Å². The minimum Gasteiger partial charge on any atom is -0.325 e. The van der Waals surface area contributed by atoms with Gasteiger partial charge in [0.05, 0.1) is 17.1 Å². The molecule has 3 aromatic carbocycles. The van der Waals surface area contributed by atoms with E-state index in [1.807, 2.05) is 66.7 Å². The van der Waals surface area contributed by atoms with E-state index >= 15 is 0 Å². The first-order valence-corrected chi connectivity index (χ1v) is 10.7. The Bertz CT molecular complexity index is 1100. The summed E-state index contributed by atoms with van der Waals surface area (Å²) in [5.41, 5.74) is 4.31. The van der Waals surface area contributed by atoms with Crippen LogP contribution < -0.4 is 5.32 Å². The molecule has 4 aromatic rings. The lowest BCUT2D eigenvalue weighted by molar-refractivity contribution is -0.113. The number of anilines is 1. The highest BCUT2D eigenvalue weighted by Crippen LogP contribution is 2.27. The number of hydrogen-bond acceptors (Lipinski definition) is 4. The molecule has 1 N–H and O–H groups in total. The molecule has 0 aliphatic rings. The first-order chi connectivity index (χ1) is 14.7. The molecule has 6 heteroatoms. The van der Waals surface area contributed by atoms with Gasteiger partial charge in [-0.1, -0.05) is 90.1 Å². The number of carbonyl (C=O) groups is 1. The lowest BCUT2D eigenvalue weighted by Crippen LogP contribution is -2.14. The molecule has 1 heterocycles. The van der Waals surface area contributed by atoms with Gasteiger partial charge >= 0.3 is 0 Å². The van der Waals surface area contributed by atoms with Crippen molar-refractivity contribution in [3.8, 4) is 22.5 Å². The molecule has 30 heavy (non-hydrogen) atoms. The molecule has 0 spiro atoms. The number of benzene rings is 3. The number of nitrogens with one attached hydrogen (secondary N) is 1. The quantitative estimate of drug-likeness (QED) is 0.292. The highest BCUT2D eigenvalue weighted by Gasteiger charge is 2.11. The Morgan fingerprint density at radius 3 is 1.97 bits per heavy atom. The van der Waals surface area contributed by atoms with E-state index in [0.717, 1.165) is 22.5 Å². The summed E-state index contributed by atoms with van der Waals surface area (Å²) in [6, 6.07) is 28.9. The molecule has 0 atom stereocenters. The average Bonchev–Trinajstić information content (AvgIpc) is 2.79. The number of amides is 1. The molecule has 0 unspecified atom stereocenters. The third-order valence-electron chi connectivity index (χ3n) is 4.29. The van der Waals surface area contributed by atoms with Crippen molar-refractivity contribution in [3.05, 3.63) is 96.0 Å². The lowest BCUT2D eigenvalue weighted by atomic mass is 10.1. The van der Waals surface area contributed by atoms with E-state index in [2.05, 4.69) is 15.3 Å². The van der Waals surface area contributed by atoms with Gasteiger partial charge in [0, 0.05) is 21.8 Å². The van der Waals surface area contributed by atoms with E-state index < -0.39 is 0 Å². The fourth-order valence-electron chi connectivity index (χ4n) is 2.90. The maximum absolute atomic E-state index is 12.4. The average molecular weight is 432 g/mol. The SMILES string of the molecule is O=C(CSc1nc(-c2ccccc2)cc(-c2ccccc2)n1)Nc1cccc(Cl)c1. The van der Waals surface area contributed by atoms with Crippen LogP contribution in [0.15, 0.2) is 96.2 Å². The maximum Gasteiger partial charge on any atom is 0.234 e. The monoisotopic (exact) mass is 431 g/mol. The van der Waals surface area contributed by atoms with Crippen molar-refractivity contribution in [3.63, 3.8) is 0 Å². The van der Waals surface area contributed by atoms with E-state index in [4.69, 9.17) is 11.6 Å². The summed E-state index contributed by atoms with van der Waals surface area (Å²) in [5.74, 6) is 0.0520. The topological polar surface area (TPSA) is 54.9 Å². The van der Waals surface area contributed by atoms with Crippen molar-refractivity contribution in [2.45, 2.75) is 5.16 Å². The zero-order valence-electron chi connectivity index (χ0n) is 16.0. The normalized spacial score (nSPS) is 10.6. The minimum atomic E-state index is -0.141. The second-order valence-electron chi connectivity index (χ2n) is 6.50. The van der Waals surface area contributed by atoms with Crippen LogP contribution in [0, 0.1) is 0 Å². The predicted octanol–water partition coefficient (Wildman–Crippen LogP) is 6.19. The summed E-state index contributed by atoms with van der Waals surface area (Å²) >= 11 is 7.28. The number of rotatable bonds is 6. The molecule has 4 nitrogen and oxygen atoms in total. The molecule has 0 aliphatic heterocycles. The van der Waals surface area contributed by atoms with Crippen LogP contribution in [-0.4, -0.2) is 21.6 Å². The minimum absolute atomic E-state index is 0.141. The van der Waals surface area contributed by atoms with Gasteiger partial charge < -0.3 is 5.32 Å². The summed E-state index contributed by atoms with van der Waals surface area (Å²) in [7, 11) is 0. The van der Waals surface area contributed by atoms with E-state index in [-0.39, 0.29) is 11.7 Å². The number of carbonyl (C=O) groups excluding carboxylic acids is 1. The Hall–Kier alpha value is -3.15. The summed E-state index contributed by atoms with van der Waals surface area (Å²) in [5, 5.41) is 3.97. The molecule has 0 fully saturated rings. The van der Waals surface area contributed by atoms with Crippen LogP contribution in [0.1, 0.15) is 0 Å². The molecule has 1 aromatic heterocycles. The second-order valence-corrected chi connectivity index (χ2v) is 7.88. The van der Waals surface area contributed by atoms with Crippen molar-refractivity contribution in [2.24, 2.45) is 0 Å². The van der Waals surface area contributed by atoms with Gasteiger partial charge in [-0.05, 0) is 24.3 Å². The fourth-order valence-corrected chi connectivity index (χ4v) is 3.75. The Balaban J connectivity index is 1.56. The van der Waals surface area contributed by atoms with Crippen molar-refractivity contribution in [1.82, 2.24) is 9.97 Å². The molecule has 0 saturated heterocycles. The number of aromatic nitrogens is 2. The molecule has 148 valence electrons.